The zero-order valence-corrected chi connectivity index (χ0v) is 12.1. The Kier molecular flexibility index (Phi) is 6.64. The molecule has 5 heteroatoms. The number of halogens is 1. The summed E-state index contributed by atoms with van der Waals surface area (Å²) in [6.07, 6.45) is 8.38. The molecular formula is C14H20ClNO3. The zero-order valence-electron chi connectivity index (χ0n) is 11.4. The topological polar surface area (TPSA) is 55.4 Å². The first-order chi connectivity index (χ1) is 9.04. The fraction of sp³-hybridized carbons (Fsp3) is 0.571. The molecule has 1 amide bonds. The Bertz CT molecular complexity index is 401. The van der Waals surface area contributed by atoms with Crippen molar-refractivity contribution >= 4 is 23.5 Å². The van der Waals surface area contributed by atoms with Crippen LogP contribution in [0.5, 0.6) is 0 Å². The number of ether oxygens (including phenoxy) is 1. The number of hydrogen-bond acceptors (Lipinski definition) is 3. The monoisotopic (exact) mass is 285 g/mol. The van der Waals surface area contributed by atoms with Crippen molar-refractivity contribution in [3.8, 4) is 0 Å². The molecule has 1 aliphatic carbocycles. The molecule has 19 heavy (non-hydrogen) atoms. The molecule has 1 rings (SSSR count). The number of nitrogens with one attached hydrogen (secondary N) is 1. The average molecular weight is 286 g/mol. The summed E-state index contributed by atoms with van der Waals surface area (Å²) in [7, 11) is 1.31. The van der Waals surface area contributed by atoms with E-state index in [0.29, 0.717) is 6.42 Å². The van der Waals surface area contributed by atoms with Gasteiger partial charge in [-0.2, -0.15) is 0 Å². The third kappa shape index (κ3) is 5.47. The molecule has 0 heterocycles. The van der Waals surface area contributed by atoms with Crippen LogP contribution in [-0.2, 0) is 14.3 Å². The lowest BCUT2D eigenvalue weighted by atomic mass is 9.98. The van der Waals surface area contributed by atoms with E-state index in [-0.39, 0.29) is 5.91 Å². The molecule has 4 nitrogen and oxygen atoms in total. The maximum Gasteiger partial charge on any atom is 0.328 e. The van der Waals surface area contributed by atoms with E-state index < -0.39 is 12.0 Å². The number of carbonyl (C=O) groups excluding carboxylic acids is 2. The van der Waals surface area contributed by atoms with E-state index in [1.54, 1.807) is 0 Å². The van der Waals surface area contributed by atoms with Crippen molar-refractivity contribution in [3.05, 3.63) is 22.8 Å². The summed E-state index contributed by atoms with van der Waals surface area (Å²) in [5, 5.41) is 3.47. The van der Waals surface area contributed by atoms with Gasteiger partial charge < -0.3 is 10.1 Å². The van der Waals surface area contributed by atoms with Crippen molar-refractivity contribution in [1.82, 2.24) is 5.32 Å². The van der Waals surface area contributed by atoms with Gasteiger partial charge in [0, 0.05) is 12.0 Å². The van der Waals surface area contributed by atoms with Gasteiger partial charge >= 0.3 is 5.97 Å². The van der Waals surface area contributed by atoms with E-state index in [9.17, 15) is 9.59 Å². The second-order valence-corrected chi connectivity index (χ2v) is 5.01. The molecule has 0 aromatic heterocycles. The van der Waals surface area contributed by atoms with Crippen molar-refractivity contribution in [1.29, 1.82) is 0 Å². The average Bonchev–Trinajstić information content (AvgIpc) is 2.38. The van der Waals surface area contributed by atoms with Gasteiger partial charge in [-0.25, -0.2) is 4.79 Å². The minimum absolute atomic E-state index is 0.251. The van der Waals surface area contributed by atoms with Gasteiger partial charge in [-0.05, 0) is 37.7 Å². The summed E-state index contributed by atoms with van der Waals surface area (Å²) in [4.78, 5) is 22.5. The fourth-order valence-corrected chi connectivity index (χ4v) is 2.30. The molecule has 0 saturated carbocycles. The molecule has 0 aromatic carbocycles. The van der Waals surface area contributed by atoms with Crippen molar-refractivity contribution in [2.45, 2.75) is 45.1 Å². The first-order valence-electron chi connectivity index (χ1n) is 6.43. The number of amides is 1. The molecule has 1 aliphatic rings. The van der Waals surface area contributed by atoms with Crippen LogP contribution in [-0.4, -0.2) is 25.0 Å². The van der Waals surface area contributed by atoms with Crippen LogP contribution in [0.1, 0.15) is 39.0 Å². The number of hydrogen-bond donors (Lipinski definition) is 1. The predicted molar refractivity (Wildman–Crippen MR) is 74.7 cm³/mol. The third-order valence-electron chi connectivity index (χ3n) is 2.99. The Morgan fingerprint density at radius 2 is 2.11 bits per heavy atom. The molecule has 0 aromatic rings. The Morgan fingerprint density at radius 3 is 2.68 bits per heavy atom. The molecule has 0 unspecified atom stereocenters. The third-order valence-corrected chi connectivity index (χ3v) is 3.43. The van der Waals surface area contributed by atoms with E-state index in [0.717, 1.165) is 36.3 Å². The van der Waals surface area contributed by atoms with E-state index in [2.05, 4.69) is 10.1 Å². The highest BCUT2D eigenvalue weighted by molar-refractivity contribution is 6.30. The Labute approximate surface area is 118 Å². The first-order valence-corrected chi connectivity index (χ1v) is 6.81. The summed E-state index contributed by atoms with van der Waals surface area (Å²) in [6, 6.07) is -0.637. The normalized spacial score (nSPS) is 17.4. The van der Waals surface area contributed by atoms with Gasteiger partial charge in [-0.15, -0.1) is 0 Å². The summed E-state index contributed by atoms with van der Waals surface area (Å²) < 4.78 is 4.65. The van der Waals surface area contributed by atoms with Gasteiger partial charge in [0.15, 0.2) is 0 Å². The van der Waals surface area contributed by atoms with Crippen LogP contribution in [0.4, 0.5) is 0 Å². The minimum Gasteiger partial charge on any atom is -0.467 e. The lowest BCUT2D eigenvalue weighted by Gasteiger charge is -2.15. The molecule has 0 bridgehead atoms. The van der Waals surface area contributed by atoms with Gasteiger partial charge in [0.2, 0.25) is 5.91 Å². The van der Waals surface area contributed by atoms with E-state index in [4.69, 9.17) is 11.6 Å². The van der Waals surface area contributed by atoms with Crippen molar-refractivity contribution in [3.63, 3.8) is 0 Å². The number of carbonyl (C=O) groups is 2. The van der Waals surface area contributed by atoms with Crippen LogP contribution in [0.3, 0.4) is 0 Å². The van der Waals surface area contributed by atoms with Crippen molar-refractivity contribution in [2.24, 2.45) is 0 Å². The molecule has 106 valence electrons. The van der Waals surface area contributed by atoms with Crippen molar-refractivity contribution < 1.29 is 14.3 Å². The van der Waals surface area contributed by atoms with Gasteiger partial charge in [0.25, 0.3) is 0 Å². The summed E-state index contributed by atoms with van der Waals surface area (Å²) in [5.41, 5.74) is 1.12. The highest BCUT2D eigenvalue weighted by Gasteiger charge is 2.18. The molecule has 0 saturated heterocycles. The first kappa shape index (κ1) is 15.8. The van der Waals surface area contributed by atoms with Crippen LogP contribution in [0.15, 0.2) is 22.8 Å². The Hall–Kier alpha value is -1.29. The van der Waals surface area contributed by atoms with Crippen LogP contribution in [0.2, 0.25) is 0 Å². The number of methoxy groups -OCH3 is 1. The quantitative estimate of drug-likeness (QED) is 0.790. The molecule has 0 fully saturated rings. The van der Waals surface area contributed by atoms with E-state index in [1.165, 1.54) is 14.0 Å². The Morgan fingerprint density at radius 1 is 1.42 bits per heavy atom. The molecule has 1 N–H and O–H groups in total. The molecule has 1 atom stereocenters. The smallest absolute Gasteiger partial charge is 0.328 e. The second kappa shape index (κ2) is 8.00. The van der Waals surface area contributed by atoms with E-state index >= 15 is 0 Å². The molecule has 0 aliphatic heterocycles. The molecular weight excluding hydrogens is 266 g/mol. The zero-order chi connectivity index (χ0) is 14.3. The molecule has 0 spiro atoms. The summed E-state index contributed by atoms with van der Waals surface area (Å²) in [6.45, 7) is 1.38. The molecule has 0 radical (unpaired) electrons. The Balaban J connectivity index is 2.60. The van der Waals surface area contributed by atoms with Crippen LogP contribution < -0.4 is 5.32 Å². The number of allylic oxidation sites excluding steroid dienone is 3. The lowest BCUT2D eigenvalue weighted by molar-refractivity contribution is -0.144. The van der Waals surface area contributed by atoms with Crippen LogP contribution in [0, 0.1) is 0 Å². The second-order valence-electron chi connectivity index (χ2n) is 4.55. The van der Waals surface area contributed by atoms with Gasteiger partial charge in [-0.1, -0.05) is 23.8 Å². The van der Waals surface area contributed by atoms with Gasteiger partial charge in [0.1, 0.15) is 6.04 Å². The highest BCUT2D eigenvalue weighted by Crippen LogP contribution is 2.28. The van der Waals surface area contributed by atoms with Gasteiger partial charge in [-0.3, -0.25) is 4.79 Å². The standard InChI is InChI=1S/C14H20ClNO3/c1-10(17)16-13(14(18)19-2)9-5-7-11-6-3-4-8-12(11)15/h5,7,13H,3-4,6,8-9H2,1-2H3,(H,16,17)/b7-5+/t13-/m1/s1. The maximum atomic E-state index is 11.5. The number of rotatable bonds is 5. The van der Waals surface area contributed by atoms with Gasteiger partial charge in [0.05, 0.1) is 7.11 Å². The minimum atomic E-state index is -0.637. The van der Waals surface area contributed by atoms with Crippen LogP contribution >= 0.6 is 11.6 Å². The summed E-state index contributed by atoms with van der Waals surface area (Å²) in [5.74, 6) is -0.692. The van der Waals surface area contributed by atoms with E-state index in [1.807, 2.05) is 12.2 Å². The largest absolute Gasteiger partial charge is 0.467 e. The fourth-order valence-electron chi connectivity index (χ4n) is 2.01. The van der Waals surface area contributed by atoms with Crippen molar-refractivity contribution in [2.75, 3.05) is 7.11 Å². The highest BCUT2D eigenvalue weighted by atomic mass is 35.5. The number of esters is 1. The van der Waals surface area contributed by atoms with Crippen LogP contribution in [0.25, 0.3) is 0 Å². The summed E-state index contributed by atoms with van der Waals surface area (Å²) >= 11 is 6.14. The maximum absolute atomic E-state index is 11.5. The lowest BCUT2D eigenvalue weighted by Crippen LogP contribution is -2.39. The predicted octanol–water partition coefficient (Wildman–Crippen LogP) is 2.68. The SMILES string of the molecule is COC(=O)[C@@H](C/C=C/C1=C(Cl)CCCC1)NC(C)=O.